The van der Waals surface area contributed by atoms with Crippen molar-refractivity contribution in [3.8, 4) is 11.3 Å². The maximum absolute atomic E-state index is 14.1. The Hall–Kier alpha value is -3.62. The molecule has 3 N–H and O–H groups in total. The number of aryl methyl sites for hydroxylation is 2. The van der Waals surface area contributed by atoms with Crippen molar-refractivity contribution in [1.29, 1.82) is 0 Å². The smallest absolute Gasteiger partial charge is 0.232 e. The quantitative estimate of drug-likeness (QED) is 0.147. The molecule has 1 aromatic heterocycles. The maximum atomic E-state index is 14.1. The highest BCUT2D eigenvalue weighted by atomic mass is 32.2. The molecule has 1 aliphatic carbocycles. The number of benzene rings is 3. The van der Waals surface area contributed by atoms with E-state index in [1.54, 1.807) is 12.1 Å². The van der Waals surface area contributed by atoms with Gasteiger partial charge in [0.2, 0.25) is 15.9 Å². The first kappa shape index (κ1) is 33.3. The van der Waals surface area contributed by atoms with Crippen LogP contribution in [0.1, 0.15) is 80.2 Å². The van der Waals surface area contributed by atoms with Gasteiger partial charge in [0.15, 0.2) is 0 Å². The molecule has 8 heteroatoms. The second-order valence-electron chi connectivity index (χ2n) is 14.7. The Labute approximate surface area is 280 Å². The van der Waals surface area contributed by atoms with Crippen LogP contribution in [0.2, 0.25) is 0 Å². The Morgan fingerprint density at radius 3 is 2.28 bits per heavy atom. The Balaban J connectivity index is 1.25. The van der Waals surface area contributed by atoms with E-state index in [1.807, 2.05) is 12.1 Å². The molecule has 0 unspecified atom stereocenters. The van der Waals surface area contributed by atoms with Crippen LogP contribution in [0.4, 0.5) is 5.69 Å². The first-order chi connectivity index (χ1) is 22.3. The minimum absolute atomic E-state index is 0.202. The lowest BCUT2D eigenvalue weighted by molar-refractivity contribution is -0.144. The van der Waals surface area contributed by atoms with Gasteiger partial charge in [-0.3, -0.25) is 9.52 Å². The Kier molecular flexibility index (Phi) is 9.29. The molecule has 3 heterocycles. The molecule has 47 heavy (non-hydrogen) atoms. The number of H-pyrrole nitrogens is 1. The van der Waals surface area contributed by atoms with Crippen LogP contribution >= 0.6 is 0 Å². The zero-order chi connectivity index (χ0) is 33.5. The predicted molar refractivity (Wildman–Crippen MR) is 194 cm³/mol. The fourth-order valence-electron chi connectivity index (χ4n) is 7.86. The molecule has 250 valence electrons. The van der Waals surface area contributed by atoms with Crippen molar-refractivity contribution in [3.63, 3.8) is 0 Å². The van der Waals surface area contributed by atoms with Gasteiger partial charge in [-0.15, -0.1) is 0 Å². The molecule has 0 radical (unpaired) electrons. The number of anilines is 1. The third-order valence-corrected chi connectivity index (χ3v) is 11.0. The van der Waals surface area contributed by atoms with E-state index >= 15 is 0 Å². The van der Waals surface area contributed by atoms with E-state index < -0.39 is 15.4 Å². The molecule has 2 saturated heterocycles. The molecule has 7 rings (SSSR count). The standard InChI is InChI=1S/C39H50N4O3S/c1-25-19-26(2)21-30(20-25)37-36(27(3)23-40-18-17-28-7-12-32(13-8-28)42-47(6,45)46)34-22-31(11-16-35(34)41-37)39(4,5)38(44)43-24-29-9-14-33(43)15-10-29/h7-8,11-13,16,19-22,27,29,33,40-42H,9-10,14-15,17-18,23-24H2,1-6H3/t27-,29?,33?/m0/s1. The van der Waals surface area contributed by atoms with Crippen molar-refractivity contribution in [3.05, 3.63) is 88.5 Å². The molecule has 7 nitrogen and oxygen atoms in total. The van der Waals surface area contributed by atoms with Gasteiger partial charge in [0.25, 0.3) is 0 Å². The third kappa shape index (κ3) is 7.29. The van der Waals surface area contributed by atoms with Gasteiger partial charge in [0.1, 0.15) is 0 Å². The lowest BCUT2D eigenvalue weighted by Crippen LogP contribution is -2.55. The molecule has 0 spiro atoms. The normalized spacial score (nSPS) is 18.9. The van der Waals surface area contributed by atoms with E-state index in [2.05, 4.69) is 90.9 Å². The number of carbonyl (C=O) groups is 1. The number of aromatic nitrogens is 1. The predicted octanol–water partition coefficient (Wildman–Crippen LogP) is 7.44. The van der Waals surface area contributed by atoms with E-state index in [0.29, 0.717) is 17.6 Å². The molecule has 4 aromatic rings. The summed E-state index contributed by atoms with van der Waals surface area (Å²) in [6, 6.07) is 21.2. The molecule has 1 amide bonds. The summed E-state index contributed by atoms with van der Waals surface area (Å²) < 4.78 is 25.6. The van der Waals surface area contributed by atoms with E-state index in [4.69, 9.17) is 0 Å². The summed E-state index contributed by atoms with van der Waals surface area (Å²) in [7, 11) is -3.29. The average molecular weight is 655 g/mol. The summed E-state index contributed by atoms with van der Waals surface area (Å²) >= 11 is 0. The van der Waals surface area contributed by atoms with E-state index in [-0.39, 0.29) is 11.8 Å². The van der Waals surface area contributed by atoms with Gasteiger partial charge in [-0.2, -0.15) is 0 Å². The van der Waals surface area contributed by atoms with Gasteiger partial charge < -0.3 is 15.2 Å². The number of sulfonamides is 1. The molecule has 2 bridgehead atoms. The number of aromatic amines is 1. The fourth-order valence-corrected chi connectivity index (χ4v) is 8.43. The van der Waals surface area contributed by atoms with Crippen molar-refractivity contribution < 1.29 is 13.2 Å². The van der Waals surface area contributed by atoms with Crippen LogP contribution in [-0.2, 0) is 26.7 Å². The molecule has 3 fully saturated rings. The molecule has 3 aliphatic rings. The largest absolute Gasteiger partial charge is 0.354 e. The van der Waals surface area contributed by atoms with E-state index in [0.717, 1.165) is 67.5 Å². The zero-order valence-electron chi connectivity index (χ0n) is 28.7. The molecule has 1 atom stereocenters. The van der Waals surface area contributed by atoms with Gasteiger partial charge in [-0.25, -0.2) is 8.42 Å². The minimum Gasteiger partial charge on any atom is -0.354 e. The number of fused-ring (bicyclic) bond motifs is 4. The highest BCUT2D eigenvalue weighted by Gasteiger charge is 2.42. The van der Waals surface area contributed by atoms with Crippen molar-refractivity contribution in [2.75, 3.05) is 30.6 Å². The Morgan fingerprint density at radius 2 is 1.66 bits per heavy atom. The number of hydrogen-bond acceptors (Lipinski definition) is 4. The van der Waals surface area contributed by atoms with Crippen molar-refractivity contribution >= 4 is 32.5 Å². The highest BCUT2D eigenvalue weighted by molar-refractivity contribution is 7.92. The molecule has 2 aliphatic heterocycles. The SMILES string of the molecule is Cc1cc(C)cc(-c2[nH]c3ccc(C(C)(C)C(=O)N4CC5CCC4CC5)cc3c2[C@@H](C)CNCCc2ccc(NS(C)(=O)=O)cc2)c1. The number of hydrogen-bond donors (Lipinski definition) is 3. The van der Waals surface area contributed by atoms with Crippen molar-refractivity contribution in [2.45, 2.75) is 84.1 Å². The van der Waals surface area contributed by atoms with Gasteiger partial charge in [0, 0.05) is 35.7 Å². The summed E-state index contributed by atoms with van der Waals surface area (Å²) in [4.78, 5) is 20.1. The van der Waals surface area contributed by atoms with Gasteiger partial charge in [0.05, 0.1) is 17.4 Å². The minimum atomic E-state index is -3.29. The highest BCUT2D eigenvalue weighted by Crippen LogP contribution is 2.41. The molecule has 3 aromatic carbocycles. The van der Waals surface area contributed by atoms with Crippen LogP contribution in [0.5, 0.6) is 0 Å². The van der Waals surface area contributed by atoms with E-state index in [9.17, 15) is 13.2 Å². The second-order valence-corrected chi connectivity index (χ2v) is 16.5. The number of rotatable bonds is 11. The van der Waals surface area contributed by atoms with Crippen LogP contribution in [0.25, 0.3) is 22.2 Å². The van der Waals surface area contributed by atoms with Crippen LogP contribution in [0, 0.1) is 19.8 Å². The first-order valence-corrected chi connectivity index (χ1v) is 19.0. The lowest BCUT2D eigenvalue weighted by Gasteiger charge is -2.47. The second kappa shape index (κ2) is 13.1. The summed E-state index contributed by atoms with van der Waals surface area (Å²) in [5.41, 5.74) is 9.33. The van der Waals surface area contributed by atoms with Gasteiger partial charge in [-0.1, -0.05) is 42.3 Å². The monoisotopic (exact) mass is 654 g/mol. The van der Waals surface area contributed by atoms with Crippen LogP contribution in [0.15, 0.2) is 60.7 Å². The summed E-state index contributed by atoms with van der Waals surface area (Å²) in [5, 5.41) is 4.86. The number of carbonyl (C=O) groups excluding carboxylic acids is 1. The Morgan fingerprint density at radius 1 is 0.979 bits per heavy atom. The topological polar surface area (TPSA) is 94.3 Å². The first-order valence-electron chi connectivity index (χ1n) is 17.1. The zero-order valence-corrected chi connectivity index (χ0v) is 29.6. The van der Waals surface area contributed by atoms with Gasteiger partial charge in [-0.05, 0) is 137 Å². The third-order valence-electron chi connectivity index (χ3n) is 10.4. The van der Waals surface area contributed by atoms with Crippen LogP contribution < -0.4 is 10.0 Å². The fraction of sp³-hybridized carbons (Fsp3) is 0.462. The summed E-state index contributed by atoms with van der Waals surface area (Å²) in [6.45, 7) is 13.3. The molecule has 1 saturated carbocycles. The van der Waals surface area contributed by atoms with Gasteiger partial charge >= 0.3 is 0 Å². The number of nitrogens with one attached hydrogen (secondary N) is 3. The molecular formula is C39H50N4O3S. The van der Waals surface area contributed by atoms with Crippen LogP contribution in [0.3, 0.4) is 0 Å². The lowest BCUT2D eigenvalue weighted by atomic mass is 9.76. The van der Waals surface area contributed by atoms with Crippen molar-refractivity contribution in [2.24, 2.45) is 5.92 Å². The summed E-state index contributed by atoms with van der Waals surface area (Å²) in [5.74, 6) is 1.11. The number of amides is 1. The van der Waals surface area contributed by atoms with E-state index in [1.165, 1.54) is 40.5 Å². The number of piperidine rings is 2. The Bertz CT molecular complexity index is 1850. The van der Waals surface area contributed by atoms with Crippen molar-refractivity contribution in [1.82, 2.24) is 15.2 Å². The van der Waals surface area contributed by atoms with Crippen LogP contribution in [-0.4, -0.2) is 56.1 Å². The number of nitrogens with zero attached hydrogens (tertiary/aromatic N) is 1. The average Bonchev–Trinajstić information content (AvgIpc) is 3.42. The maximum Gasteiger partial charge on any atom is 0.232 e. The summed E-state index contributed by atoms with van der Waals surface area (Å²) in [6.07, 6.45) is 6.80. The molecular weight excluding hydrogens is 605 g/mol.